The first-order valence-corrected chi connectivity index (χ1v) is 3.45. The average molecular weight is 147 g/mol. The van der Waals surface area contributed by atoms with Crippen LogP contribution in [-0.2, 0) is 4.79 Å². The average Bonchev–Trinajstić information content (AvgIpc) is 1.87. The third kappa shape index (κ3) is 5.41. The van der Waals surface area contributed by atoms with Crippen LogP contribution in [0.25, 0.3) is 0 Å². The SMILES string of the molecule is [B]C=CC(CC#N)CC(C)=O. The predicted molar refractivity (Wildman–Crippen MR) is 43.9 cm³/mol. The molecule has 0 aliphatic rings. The summed E-state index contributed by atoms with van der Waals surface area (Å²) in [5, 5.41) is 8.34. The first kappa shape index (κ1) is 9.96. The van der Waals surface area contributed by atoms with Crippen LogP contribution in [0.4, 0.5) is 0 Å². The van der Waals surface area contributed by atoms with Crippen LogP contribution < -0.4 is 0 Å². The van der Waals surface area contributed by atoms with Crippen LogP contribution in [0.2, 0.25) is 0 Å². The molecule has 0 aromatic carbocycles. The number of hydrogen-bond acceptors (Lipinski definition) is 2. The Balaban J connectivity index is 3.91. The maximum Gasteiger partial charge on any atom is 0.130 e. The largest absolute Gasteiger partial charge is 0.300 e. The molecule has 0 amide bonds. The minimum atomic E-state index is -0.0116. The molecule has 0 aromatic heterocycles. The van der Waals surface area contributed by atoms with Gasteiger partial charge in [-0.3, -0.25) is 0 Å². The van der Waals surface area contributed by atoms with Crippen molar-refractivity contribution in [2.45, 2.75) is 19.8 Å². The molecule has 0 rings (SSSR count). The smallest absolute Gasteiger partial charge is 0.130 e. The van der Waals surface area contributed by atoms with Crippen LogP contribution in [-0.4, -0.2) is 13.6 Å². The van der Waals surface area contributed by atoms with Gasteiger partial charge in [-0.25, -0.2) is 0 Å². The first-order chi connectivity index (χ1) is 5.20. The molecule has 2 radical (unpaired) electrons. The zero-order chi connectivity index (χ0) is 8.69. The molecule has 0 aliphatic heterocycles. The first-order valence-electron chi connectivity index (χ1n) is 3.45. The second-order valence-electron chi connectivity index (χ2n) is 2.41. The number of Topliss-reactive ketones (excluding diaryl/α,β-unsaturated/α-hetero) is 1. The van der Waals surface area contributed by atoms with Gasteiger partial charge in [-0.05, 0) is 12.8 Å². The van der Waals surface area contributed by atoms with Gasteiger partial charge in [-0.15, -0.1) is 5.98 Å². The van der Waals surface area contributed by atoms with Crippen LogP contribution in [0.3, 0.4) is 0 Å². The number of rotatable bonds is 4. The van der Waals surface area contributed by atoms with Gasteiger partial charge in [0.25, 0.3) is 0 Å². The molecule has 11 heavy (non-hydrogen) atoms. The lowest BCUT2D eigenvalue weighted by molar-refractivity contribution is -0.117. The van der Waals surface area contributed by atoms with Crippen molar-refractivity contribution >= 4 is 13.6 Å². The van der Waals surface area contributed by atoms with E-state index in [0.717, 1.165) is 0 Å². The lowest BCUT2D eigenvalue weighted by Crippen LogP contribution is -2.01. The molecule has 3 heteroatoms. The molecule has 2 nitrogen and oxygen atoms in total. The highest BCUT2D eigenvalue weighted by Gasteiger charge is 2.05. The zero-order valence-corrected chi connectivity index (χ0v) is 6.58. The van der Waals surface area contributed by atoms with Gasteiger partial charge in [0, 0.05) is 12.8 Å². The van der Waals surface area contributed by atoms with E-state index in [1.54, 1.807) is 6.08 Å². The lowest BCUT2D eigenvalue weighted by atomic mass is 9.96. The van der Waals surface area contributed by atoms with Crippen molar-refractivity contribution in [2.24, 2.45) is 5.92 Å². The summed E-state index contributed by atoms with van der Waals surface area (Å²) in [4.78, 5) is 10.6. The Morgan fingerprint density at radius 1 is 1.82 bits per heavy atom. The van der Waals surface area contributed by atoms with Crippen LogP contribution in [0.15, 0.2) is 12.1 Å². The third-order valence-electron chi connectivity index (χ3n) is 1.29. The second kappa shape index (κ2) is 5.73. The minimum absolute atomic E-state index is 0.0116. The maximum atomic E-state index is 10.6. The molecule has 0 aromatic rings. The molecule has 0 fully saturated rings. The molecule has 0 saturated carbocycles. The summed E-state index contributed by atoms with van der Waals surface area (Å²) in [6.07, 6.45) is 2.44. The van der Waals surface area contributed by atoms with E-state index in [1.807, 2.05) is 6.07 Å². The summed E-state index contributed by atoms with van der Waals surface area (Å²) < 4.78 is 0. The number of hydrogen-bond donors (Lipinski definition) is 0. The summed E-state index contributed by atoms with van der Waals surface area (Å²) in [6, 6.07) is 2.00. The van der Waals surface area contributed by atoms with Crippen LogP contribution in [0.1, 0.15) is 19.8 Å². The highest BCUT2D eigenvalue weighted by atomic mass is 16.1. The quantitative estimate of drug-likeness (QED) is 0.560. The van der Waals surface area contributed by atoms with Gasteiger partial charge in [0.1, 0.15) is 13.6 Å². The Morgan fingerprint density at radius 2 is 2.45 bits per heavy atom. The summed E-state index contributed by atoms with van der Waals surface area (Å²) in [5.41, 5.74) is 0. The van der Waals surface area contributed by atoms with Gasteiger partial charge in [0.05, 0.1) is 6.07 Å². The Labute approximate surface area is 68.3 Å². The number of allylic oxidation sites excluding steroid dienone is 1. The van der Waals surface area contributed by atoms with Crippen molar-refractivity contribution in [3.05, 3.63) is 12.1 Å². The van der Waals surface area contributed by atoms with Crippen molar-refractivity contribution in [3.8, 4) is 6.07 Å². The van der Waals surface area contributed by atoms with E-state index >= 15 is 0 Å². The molecule has 1 unspecified atom stereocenters. The maximum absolute atomic E-state index is 10.6. The molecule has 0 spiro atoms. The minimum Gasteiger partial charge on any atom is -0.300 e. The number of nitrogens with zero attached hydrogens (tertiary/aromatic N) is 1. The highest BCUT2D eigenvalue weighted by Crippen LogP contribution is 2.09. The standard InChI is InChI=1S/C8H10BNO/c1-7(11)6-8(2-4-9)3-5-10/h2,4,8H,3,6H2,1H3. The fourth-order valence-electron chi connectivity index (χ4n) is 0.852. The molecule has 0 N–H and O–H groups in total. The normalized spacial score (nSPS) is 12.7. The fraction of sp³-hybridized carbons (Fsp3) is 0.500. The van der Waals surface area contributed by atoms with Gasteiger partial charge in [0.15, 0.2) is 0 Å². The second-order valence-corrected chi connectivity index (χ2v) is 2.41. The molecular weight excluding hydrogens is 137 g/mol. The number of nitriles is 1. The number of carbonyl (C=O) groups excluding carboxylic acids is 1. The molecule has 0 bridgehead atoms. The van der Waals surface area contributed by atoms with Gasteiger partial charge < -0.3 is 4.79 Å². The van der Waals surface area contributed by atoms with Gasteiger partial charge in [0.2, 0.25) is 0 Å². The number of carbonyl (C=O) groups is 1. The van der Waals surface area contributed by atoms with E-state index in [1.165, 1.54) is 12.9 Å². The summed E-state index contributed by atoms with van der Waals surface area (Å²) >= 11 is 0. The van der Waals surface area contributed by atoms with E-state index in [-0.39, 0.29) is 11.7 Å². The Hall–Kier alpha value is -1.04. The van der Waals surface area contributed by atoms with E-state index in [9.17, 15) is 4.79 Å². The van der Waals surface area contributed by atoms with E-state index in [2.05, 4.69) is 0 Å². The Bertz CT molecular complexity index is 193. The summed E-state index contributed by atoms with van der Waals surface area (Å²) in [5.74, 6) is 1.45. The predicted octanol–water partition coefficient (Wildman–Crippen LogP) is 1.18. The fourth-order valence-corrected chi connectivity index (χ4v) is 0.852. The highest BCUT2D eigenvalue weighted by molar-refractivity contribution is 6.17. The van der Waals surface area contributed by atoms with Gasteiger partial charge in [-0.1, -0.05) is 6.08 Å². The van der Waals surface area contributed by atoms with Crippen molar-refractivity contribution in [1.82, 2.24) is 0 Å². The number of ketones is 1. The van der Waals surface area contributed by atoms with Crippen molar-refractivity contribution < 1.29 is 4.79 Å². The molecule has 0 aliphatic carbocycles. The van der Waals surface area contributed by atoms with Crippen LogP contribution >= 0.6 is 0 Å². The topological polar surface area (TPSA) is 40.9 Å². The molecule has 56 valence electrons. The Morgan fingerprint density at radius 3 is 2.82 bits per heavy atom. The zero-order valence-electron chi connectivity index (χ0n) is 6.58. The summed E-state index contributed by atoms with van der Waals surface area (Å²) in [6.45, 7) is 1.51. The van der Waals surface area contributed by atoms with Crippen molar-refractivity contribution in [1.29, 1.82) is 5.26 Å². The van der Waals surface area contributed by atoms with Gasteiger partial charge >= 0.3 is 0 Å². The monoisotopic (exact) mass is 147 g/mol. The lowest BCUT2D eigenvalue weighted by Gasteiger charge is -2.03. The van der Waals surface area contributed by atoms with E-state index < -0.39 is 0 Å². The summed E-state index contributed by atoms with van der Waals surface area (Å²) in [7, 11) is 5.13. The third-order valence-corrected chi connectivity index (χ3v) is 1.29. The molecule has 0 saturated heterocycles. The van der Waals surface area contributed by atoms with E-state index in [4.69, 9.17) is 13.1 Å². The van der Waals surface area contributed by atoms with Crippen LogP contribution in [0.5, 0.6) is 0 Å². The van der Waals surface area contributed by atoms with Crippen molar-refractivity contribution in [2.75, 3.05) is 0 Å². The van der Waals surface area contributed by atoms with Gasteiger partial charge in [-0.2, -0.15) is 5.26 Å². The van der Waals surface area contributed by atoms with Crippen molar-refractivity contribution in [3.63, 3.8) is 0 Å². The molecule has 1 atom stereocenters. The van der Waals surface area contributed by atoms with Crippen LogP contribution in [0, 0.1) is 17.2 Å². The van der Waals surface area contributed by atoms with E-state index in [0.29, 0.717) is 12.8 Å². The Kier molecular flexibility index (Phi) is 5.19. The molecule has 0 heterocycles. The molecular formula is C8H10BNO.